The standard InChI is InChI=1S/C15H13FNO/c1-12-3-2-4-14(9-12)10-17-18-11-13-5-7-15(16)8-6-13/h2-9H,11H2,1H3. The summed E-state index contributed by atoms with van der Waals surface area (Å²) < 4.78 is 12.7. The Balaban J connectivity index is 1.87. The van der Waals surface area contributed by atoms with Crippen molar-refractivity contribution in [2.75, 3.05) is 0 Å². The molecule has 0 atom stereocenters. The first-order chi connectivity index (χ1) is 8.74. The second-order valence-electron chi connectivity index (χ2n) is 3.97. The largest absolute Gasteiger partial charge is 0.390 e. The predicted molar refractivity (Wildman–Crippen MR) is 68.9 cm³/mol. The highest BCUT2D eigenvalue weighted by Crippen LogP contribution is 2.05. The van der Waals surface area contributed by atoms with Crippen molar-refractivity contribution >= 4 is 6.21 Å². The molecule has 3 heteroatoms. The zero-order valence-corrected chi connectivity index (χ0v) is 10.1. The van der Waals surface area contributed by atoms with Crippen LogP contribution in [-0.4, -0.2) is 6.21 Å². The van der Waals surface area contributed by atoms with Gasteiger partial charge >= 0.3 is 0 Å². The first kappa shape index (κ1) is 12.3. The minimum absolute atomic E-state index is 0.256. The highest BCUT2D eigenvalue weighted by molar-refractivity contribution is 5.79. The van der Waals surface area contributed by atoms with Gasteiger partial charge in [0, 0.05) is 5.56 Å². The molecular weight excluding hydrogens is 229 g/mol. The van der Waals surface area contributed by atoms with Crippen molar-refractivity contribution in [1.82, 2.24) is 0 Å². The molecule has 0 N–H and O–H groups in total. The van der Waals surface area contributed by atoms with E-state index in [1.54, 1.807) is 12.1 Å². The molecule has 0 aliphatic heterocycles. The van der Waals surface area contributed by atoms with E-state index in [1.165, 1.54) is 12.1 Å². The van der Waals surface area contributed by atoms with Crippen LogP contribution < -0.4 is 0 Å². The summed E-state index contributed by atoms with van der Waals surface area (Å²) in [5.74, 6) is -0.256. The summed E-state index contributed by atoms with van der Waals surface area (Å²) in [6, 6.07) is 13.9. The maximum atomic E-state index is 12.7. The first-order valence-corrected chi connectivity index (χ1v) is 5.63. The lowest BCUT2D eigenvalue weighted by atomic mass is 10.2. The Morgan fingerprint density at radius 3 is 2.67 bits per heavy atom. The second kappa shape index (κ2) is 5.96. The number of benzene rings is 2. The molecule has 18 heavy (non-hydrogen) atoms. The number of halogens is 1. The lowest BCUT2D eigenvalue weighted by molar-refractivity contribution is 0.132. The Hall–Kier alpha value is -2.16. The monoisotopic (exact) mass is 242 g/mol. The molecule has 2 aromatic rings. The molecule has 2 nitrogen and oxygen atoms in total. The Morgan fingerprint density at radius 1 is 1.17 bits per heavy atom. The van der Waals surface area contributed by atoms with Gasteiger partial charge in [0.05, 0.1) is 0 Å². The topological polar surface area (TPSA) is 21.6 Å². The van der Waals surface area contributed by atoms with Crippen molar-refractivity contribution < 1.29 is 9.23 Å². The molecule has 1 radical (unpaired) electrons. The predicted octanol–water partition coefficient (Wildman–Crippen LogP) is 3.56. The number of hydrogen-bond acceptors (Lipinski definition) is 2. The molecule has 0 heterocycles. The first-order valence-electron chi connectivity index (χ1n) is 5.63. The average Bonchev–Trinajstić information content (AvgIpc) is 2.37. The third-order valence-corrected chi connectivity index (χ3v) is 2.40. The highest BCUT2D eigenvalue weighted by Gasteiger charge is 1.94. The smallest absolute Gasteiger partial charge is 0.142 e. The quantitative estimate of drug-likeness (QED) is 0.593. The van der Waals surface area contributed by atoms with Crippen LogP contribution in [0.1, 0.15) is 16.7 Å². The molecule has 0 spiro atoms. The average molecular weight is 242 g/mol. The van der Waals surface area contributed by atoms with E-state index in [-0.39, 0.29) is 5.82 Å². The molecule has 0 unspecified atom stereocenters. The molecular formula is C15H13FNO. The Bertz CT molecular complexity index is 534. The SMILES string of the molecule is Cc1cccc(/[C]=N\OCc2ccc(F)cc2)c1. The van der Waals surface area contributed by atoms with Crippen LogP contribution in [0.25, 0.3) is 0 Å². The summed E-state index contributed by atoms with van der Waals surface area (Å²) in [6.07, 6.45) is 2.80. The molecule has 0 amide bonds. The van der Waals surface area contributed by atoms with Crippen molar-refractivity contribution in [3.8, 4) is 0 Å². The van der Waals surface area contributed by atoms with Crippen LogP contribution in [0.3, 0.4) is 0 Å². The van der Waals surface area contributed by atoms with Gasteiger partial charge < -0.3 is 4.84 Å². The van der Waals surface area contributed by atoms with Crippen LogP contribution in [0.4, 0.5) is 4.39 Å². The van der Waals surface area contributed by atoms with Gasteiger partial charge in [-0.25, -0.2) is 4.39 Å². The number of aryl methyl sites for hydroxylation is 1. The number of nitrogens with zero attached hydrogens (tertiary/aromatic N) is 1. The van der Waals surface area contributed by atoms with Crippen LogP contribution in [-0.2, 0) is 11.4 Å². The van der Waals surface area contributed by atoms with E-state index >= 15 is 0 Å². The Kier molecular flexibility index (Phi) is 4.07. The summed E-state index contributed by atoms with van der Waals surface area (Å²) in [5.41, 5.74) is 2.88. The summed E-state index contributed by atoms with van der Waals surface area (Å²) in [7, 11) is 0. The van der Waals surface area contributed by atoms with E-state index in [0.29, 0.717) is 6.61 Å². The van der Waals surface area contributed by atoms with E-state index in [1.807, 2.05) is 31.2 Å². The van der Waals surface area contributed by atoms with Gasteiger partial charge in [-0.3, -0.25) is 0 Å². The maximum absolute atomic E-state index is 12.7. The minimum atomic E-state index is -0.256. The van der Waals surface area contributed by atoms with Crippen molar-refractivity contribution in [3.63, 3.8) is 0 Å². The van der Waals surface area contributed by atoms with Crippen LogP contribution in [0, 0.1) is 12.7 Å². The number of rotatable bonds is 4. The normalized spacial score (nSPS) is 10.8. The molecule has 0 aliphatic carbocycles. The Labute approximate surface area is 106 Å². The Morgan fingerprint density at radius 2 is 1.94 bits per heavy atom. The van der Waals surface area contributed by atoms with Crippen molar-refractivity contribution in [1.29, 1.82) is 0 Å². The fourth-order valence-electron chi connectivity index (χ4n) is 1.49. The van der Waals surface area contributed by atoms with E-state index in [9.17, 15) is 4.39 Å². The highest BCUT2D eigenvalue weighted by atomic mass is 19.1. The molecule has 0 aliphatic rings. The molecule has 2 rings (SSSR count). The molecule has 0 fully saturated rings. The third-order valence-electron chi connectivity index (χ3n) is 2.40. The van der Waals surface area contributed by atoms with Gasteiger partial charge in [0.15, 0.2) is 0 Å². The molecule has 0 saturated carbocycles. The van der Waals surface area contributed by atoms with Crippen molar-refractivity contribution in [3.05, 3.63) is 71.0 Å². The maximum Gasteiger partial charge on any atom is 0.142 e. The lowest BCUT2D eigenvalue weighted by Crippen LogP contribution is -1.89. The van der Waals surface area contributed by atoms with Crippen LogP contribution in [0.5, 0.6) is 0 Å². The van der Waals surface area contributed by atoms with Crippen LogP contribution >= 0.6 is 0 Å². The fraction of sp³-hybridized carbons (Fsp3) is 0.133. The van der Waals surface area contributed by atoms with Gasteiger partial charge in [-0.05, 0) is 30.7 Å². The minimum Gasteiger partial charge on any atom is -0.390 e. The van der Waals surface area contributed by atoms with Gasteiger partial charge in [0.25, 0.3) is 0 Å². The van der Waals surface area contributed by atoms with Crippen molar-refractivity contribution in [2.45, 2.75) is 13.5 Å². The van der Waals surface area contributed by atoms with Gasteiger partial charge in [0.2, 0.25) is 0 Å². The van der Waals surface area contributed by atoms with E-state index < -0.39 is 0 Å². The summed E-state index contributed by atoms with van der Waals surface area (Å²) in [6.45, 7) is 2.31. The molecule has 0 bridgehead atoms. The summed E-state index contributed by atoms with van der Waals surface area (Å²) in [4.78, 5) is 5.09. The van der Waals surface area contributed by atoms with E-state index in [0.717, 1.165) is 16.7 Å². The van der Waals surface area contributed by atoms with Crippen LogP contribution in [0.2, 0.25) is 0 Å². The van der Waals surface area contributed by atoms with Gasteiger partial charge in [0.1, 0.15) is 18.6 Å². The molecule has 0 saturated heterocycles. The summed E-state index contributed by atoms with van der Waals surface area (Å²) >= 11 is 0. The second-order valence-corrected chi connectivity index (χ2v) is 3.97. The third kappa shape index (κ3) is 3.70. The molecule has 2 aromatic carbocycles. The van der Waals surface area contributed by atoms with Crippen LogP contribution in [0.15, 0.2) is 53.7 Å². The molecule has 91 valence electrons. The zero-order chi connectivity index (χ0) is 12.8. The molecule has 0 aromatic heterocycles. The zero-order valence-electron chi connectivity index (χ0n) is 10.1. The van der Waals surface area contributed by atoms with Gasteiger partial charge in [-0.2, -0.15) is 0 Å². The lowest BCUT2D eigenvalue weighted by Gasteiger charge is -1.99. The van der Waals surface area contributed by atoms with E-state index in [4.69, 9.17) is 4.84 Å². The van der Waals surface area contributed by atoms with Gasteiger partial charge in [-0.1, -0.05) is 41.1 Å². The summed E-state index contributed by atoms with van der Waals surface area (Å²) in [5, 5.41) is 3.76. The fourth-order valence-corrected chi connectivity index (χ4v) is 1.49. The van der Waals surface area contributed by atoms with E-state index in [2.05, 4.69) is 11.4 Å². The van der Waals surface area contributed by atoms with Gasteiger partial charge in [-0.15, -0.1) is 0 Å². The van der Waals surface area contributed by atoms with Crippen molar-refractivity contribution in [2.24, 2.45) is 5.16 Å². The number of hydrogen-bond donors (Lipinski definition) is 0.